The Morgan fingerprint density at radius 1 is 1.34 bits per heavy atom. The quantitative estimate of drug-likeness (QED) is 0.580. The Balaban J connectivity index is 0.000000552. The highest BCUT2D eigenvalue weighted by Crippen LogP contribution is 2.42. The number of aliphatic hydroxyl groups excluding tert-OH is 1. The van der Waals surface area contributed by atoms with Crippen molar-refractivity contribution < 1.29 is 29.4 Å². The Morgan fingerprint density at radius 3 is 2.55 bits per heavy atom. The second kappa shape index (κ2) is 8.40. The number of aromatic carboxylic acids is 1. The predicted molar refractivity (Wildman–Crippen MR) is 105 cm³/mol. The number of carboxylic acids is 2. The molecule has 10 heteroatoms. The second-order valence-corrected chi connectivity index (χ2v) is 7.71. The number of hydrogen-bond acceptors (Lipinski definition) is 7. The van der Waals surface area contributed by atoms with Crippen LogP contribution < -0.4 is 10.2 Å². The van der Waals surface area contributed by atoms with Crippen LogP contribution in [0.4, 0.5) is 5.82 Å². The Kier molecular flexibility index (Phi) is 6.11. The van der Waals surface area contributed by atoms with Gasteiger partial charge in [-0.25, -0.2) is 4.79 Å². The number of aliphatic carboxylic acids is 1. The summed E-state index contributed by atoms with van der Waals surface area (Å²) in [5, 5.41) is 34.9. The predicted octanol–water partition coefficient (Wildman–Crippen LogP) is 1.80. The van der Waals surface area contributed by atoms with Crippen LogP contribution in [0.3, 0.4) is 0 Å². The molecule has 0 saturated carbocycles. The van der Waals surface area contributed by atoms with Crippen molar-refractivity contribution in [2.75, 3.05) is 37.7 Å². The first-order chi connectivity index (χ1) is 13.8. The van der Waals surface area contributed by atoms with Crippen LogP contribution in [0.5, 0.6) is 0 Å². The summed E-state index contributed by atoms with van der Waals surface area (Å²) >= 11 is 5.90. The summed E-state index contributed by atoms with van der Waals surface area (Å²) in [4.78, 5) is 22.8. The zero-order valence-corrected chi connectivity index (χ0v) is 16.5. The molecule has 0 bridgehead atoms. The normalized spacial score (nSPS) is 22.7. The fourth-order valence-electron chi connectivity index (χ4n) is 3.90. The van der Waals surface area contributed by atoms with Gasteiger partial charge in [-0.05, 0) is 30.2 Å². The largest absolute Gasteiger partial charge is 0.481 e. The molecule has 1 aromatic carbocycles. The third kappa shape index (κ3) is 4.21. The van der Waals surface area contributed by atoms with Crippen LogP contribution in [-0.4, -0.2) is 65.2 Å². The molecule has 0 unspecified atom stereocenters. The van der Waals surface area contributed by atoms with Gasteiger partial charge < -0.3 is 30.1 Å². The number of hydrogen-bond donors (Lipinski definition) is 4. The van der Waals surface area contributed by atoms with E-state index in [1.807, 2.05) is 4.90 Å². The summed E-state index contributed by atoms with van der Waals surface area (Å²) < 4.78 is 5.39. The van der Waals surface area contributed by atoms with E-state index in [2.05, 4.69) is 10.5 Å². The van der Waals surface area contributed by atoms with Gasteiger partial charge in [0, 0.05) is 49.1 Å². The lowest BCUT2D eigenvalue weighted by molar-refractivity contribution is -0.134. The summed E-state index contributed by atoms with van der Waals surface area (Å²) in [6.07, 6.45) is 0. The number of aliphatic hydroxyl groups is 1. The fraction of sp³-hybridized carbons (Fsp3) is 0.421. The molecular weight excluding hydrogens is 402 g/mol. The fourth-order valence-corrected chi connectivity index (χ4v) is 4.02. The van der Waals surface area contributed by atoms with Gasteiger partial charge in [0.2, 0.25) is 0 Å². The van der Waals surface area contributed by atoms with Crippen molar-refractivity contribution in [3.63, 3.8) is 0 Å². The van der Waals surface area contributed by atoms with Crippen molar-refractivity contribution in [3.8, 4) is 11.3 Å². The minimum absolute atomic E-state index is 0.0448. The molecule has 29 heavy (non-hydrogen) atoms. The van der Waals surface area contributed by atoms with Crippen molar-refractivity contribution in [1.29, 1.82) is 0 Å². The highest BCUT2D eigenvalue weighted by atomic mass is 35.5. The van der Waals surface area contributed by atoms with Crippen molar-refractivity contribution in [2.24, 2.45) is 11.3 Å². The third-order valence-corrected chi connectivity index (χ3v) is 5.54. The van der Waals surface area contributed by atoms with Gasteiger partial charge in [-0.1, -0.05) is 16.8 Å². The minimum Gasteiger partial charge on any atom is -0.481 e. The SMILES string of the molecule is CC(=O)O.O=C(O)c1c(N2C[C@@H]3CNC[C@]3(CO)C2)noc1-c1ccc(Cl)cc1. The molecule has 0 amide bonds. The lowest BCUT2D eigenvalue weighted by atomic mass is 9.82. The van der Waals surface area contributed by atoms with Gasteiger partial charge in [-0.2, -0.15) is 0 Å². The molecule has 0 aliphatic carbocycles. The number of carboxylic acid groups (broad SMARTS) is 2. The topological polar surface area (TPSA) is 136 Å². The van der Waals surface area contributed by atoms with Crippen LogP contribution in [-0.2, 0) is 4.79 Å². The summed E-state index contributed by atoms with van der Waals surface area (Å²) in [7, 11) is 0. The highest BCUT2D eigenvalue weighted by Gasteiger charge is 2.50. The van der Waals surface area contributed by atoms with Crippen LogP contribution in [0.25, 0.3) is 11.3 Å². The van der Waals surface area contributed by atoms with E-state index in [9.17, 15) is 15.0 Å². The number of nitrogens with one attached hydrogen (secondary N) is 1. The average Bonchev–Trinajstić information content (AvgIpc) is 3.33. The summed E-state index contributed by atoms with van der Waals surface area (Å²) in [6.45, 7) is 3.86. The number of carbonyl (C=O) groups is 2. The van der Waals surface area contributed by atoms with Crippen molar-refractivity contribution >= 4 is 29.4 Å². The number of halogens is 1. The number of anilines is 1. The molecule has 3 heterocycles. The number of fused-ring (bicyclic) bond motifs is 1. The first-order valence-electron chi connectivity index (χ1n) is 9.02. The van der Waals surface area contributed by atoms with Crippen LogP contribution in [0, 0.1) is 11.3 Å². The second-order valence-electron chi connectivity index (χ2n) is 7.27. The summed E-state index contributed by atoms with van der Waals surface area (Å²) in [5.74, 6) is -1.13. The minimum atomic E-state index is -1.09. The zero-order valence-electron chi connectivity index (χ0n) is 15.8. The molecule has 156 valence electrons. The van der Waals surface area contributed by atoms with E-state index >= 15 is 0 Å². The number of benzene rings is 1. The van der Waals surface area contributed by atoms with Crippen LogP contribution in [0.1, 0.15) is 17.3 Å². The van der Waals surface area contributed by atoms with Gasteiger partial charge in [-0.3, -0.25) is 4.79 Å². The van der Waals surface area contributed by atoms with Crippen LogP contribution in [0.2, 0.25) is 5.02 Å². The molecular formula is C19H22ClN3O6. The van der Waals surface area contributed by atoms with Gasteiger partial charge >= 0.3 is 5.97 Å². The Morgan fingerprint density at radius 2 is 2.00 bits per heavy atom. The zero-order chi connectivity index (χ0) is 21.2. The maximum absolute atomic E-state index is 11.9. The summed E-state index contributed by atoms with van der Waals surface area (Å²) in [5.41, 5.74) is 0.400. The standard InChI is InChI=1S/C17H18ClN3O4.C2H4O2/c18-12-3-1-10(2-4-12)14-13(16(23)24)15(20-25-14)21-6-11-5-19-7-17(11,8-21)9-22;1-2(3)4/h1-4,11,19,22H,5-9H2,(H,23,24);1H3,(H,3,4)/t11-,17+;/m0./s1. The Labute approximate surface area is 171 Å². The first-order valence-corrected chi connectivity index (χ1v) is 9.40. The van der Waals surface area contributed by atoms with E-state index in [4.69, 9.17) is 26.0 Å². The lowest BCUT2D eigenvalue weighted by Gasteiger charge is -2.25. The number of nitrogens with zero attached hydrogens (tertiary/aromatic N) is 2. The van der Waals surface area contributed by atoms with Crippen molar-refractivity contribution in [3.05, 3.63) is 34.9 Å². The van der Waals surface area contributed by atoms with E-state index < -0.39 is 11.9 Å². The first kappa shape index (κ1) is 21.1. The molecule has 2 atom stereocenters. The van der Waals surface area contributed by atoms with Crippen molar-refractivity contribution in [1.82, 2.24) is 10.5 Å². The summed E-state index contributed by atoms with van der Waals surface area (Å²) in [6, 6.07) is 6.77. The highest BCUT2D eigenvalue weighted by molar-refractivity contribution is 6.30. The molecule has 9 nitrogen and oxygen atoms in total. The van der Waals surface area contributed by atoms with E-state index in [1.54, 1.807) is 24.3 Å². The molecule has 2 saturated heterocycles. The maximum atomic E-state index is 11.9. The van der Waals surface area contributed by atoms with E-state index in [1.165, 1.54) is 0 Å². The maximum Gasteiger partial charge on any atom is 0.343 e. The van der Waals surface area contributed by atoms with Gasteiger partial charge in [0.25, 0.3) is 5.97 Å². The molecule has 2 aliphatic heterocycles. The molecule has 2 aromatic rings. The van der Waals surface area contributed by atoms with Gasteiger partial charge in [0.05, 0.1) is 6.61 Å². The van der Waals surface area contributed by atoms with Gasteiger partial charge in [0.15, 0.2) is 17.1 Å². The molecule has 4 N–H and O–H groups in total. The molecule has 1 aromatic heterocycles. The Hall–Kier alpha value is -2.62. The molecule has 4 rings (SSSR count). The molecule has 0 spiro atoms. The molecule has 2 fully saturated rings. The monoisotopic (exact) mass is 423 g/mol. The van der Waals surface area contributed by atoms with Gasteiger partial charge in [0.1, 0.15) is 0 Å². The Bertz CT molecular complexity index is 896. The lowest BCUT2D eigenvalue weighted by Crippen LogP contribution is -2.36. The molecule has 2 aliphatic rings. The number of rotatable bonds is 4. The average molecular weight is 424 g/mol. The molecule has 0 radical (unpaired) electrons. The van der Waals surface area contributed by atoms with Crippen molar-refractivity contribution in [2.45, 2.75) is 6.92 Å². The smallest absolute Gasteiger partial charge is 0.343 e. The van der Waals surface area contributed by atoms with Gasteiger partial charge in [-0.15, -0.1) is 0 Å². The van der Waals surface area contributed by atoms with Crippen LogP contribution in [0.15, 0.2) is 28.8 Å². The van der Waals surface area contributed by atoms with Crippen LogP contribution >= 0.6 is 11.6 Å². The van der Waals surface area contributed by atoms with E-state index in [0.717, 1.165) is 20.0 Å². The number of aromatic nitrogens is 1. The third-order valence-electron chi connectivity index (χ3n) is 5.29. The van der Waals surface area contributed by atoms with E-state index in [-0.39, 0.29) is 29.3 Å². The van der Waals surface area contributed by atoms with E-state index in [0.29, 0.717) is 29.5 Å².